The lowest BCUT2D eigenvalue weighted by Crippen LogP contribution is -2.45. The lowest BCUT2D eigenvalue weighted by atomic mass is 9.62. The molecule has 4 atom stereocenters. The van der Waals surface area contributed by atoms with E-state index < -0.39 is 0 Å². The van der Waals surface area contributed by atoms with E-state index in [0.717, 1.165) is 12.8 Å². The van der Waals surface area contributed by atoms with Gasteiger partial charge in [0.15, 0.2) is 5.78 Å². The molecule has 1 unspecified atom stereocenters. The third-order valence-corrected chi connectivity index (χ3v) is 6.13. The molecule has 2 heteroatoms. The van der Waals surface area contributed by atoms with Crippen molar-refractivity contribution in [3.8, 4) is 0 Å². The van der Waals surface area contributed by atoms with Crippen molar-refractivity contribution in [2.75, 3.05) is 7.11 Å². The zero-order chi connectivity index (χ0) is 13.3. The average Bonchev–Trinajstić information content (AvgIpc) is 2.72. The predicted molar refractivity (Wildman–Crippen MR) is 71.2 cm³/mol. The van der Waals surface area contributed by atoms with Crippen molar-refractivity contribution in [1.29, 1.82) is 0 Å². The van der Waals surface area contributed by atoms with Crippen LogP contribution in [0.2, 0.25) is 0 Å². The highest BCUT2D eigenvalue weighted by molar-refractivity contribution is 5.98. The minimum atomic E-state index is -0.0255. The van der Waals surface area contributed by atoms with Crippen molar-refractivity contribution < 1.29 is 9.53 Å². The number of rotatable bonds is 1. The highest BCUT2D eigenvalue weighted by atomic mass is 16.5. The topological polar surface area (TPSA) is 26.3 Å². The molecule has 1 spiro atoms. The Bertz CT molecular complexity index is 448. The first-order valence-electron chi connectivity index (χ1n) is 7.05. The maximum Gasteiger partial charge on any atom is 0.160 e. The minimum absolute atomic E-state index is 0.0255. The third kappa shape index (κ3) is 1.07. The zero-order valence-corrected chi connectivity index (χ0v) is 12.2. The molecule has 18 heavy (non-hydrogen) atoms. The highest BCUT2D eigenvalue weighted by Crippen LogP contribution is 2.75. The van der Waals surface area contributed by atoms with Crippen molar-refractivity contribution in [2.24, 2.45) is 22.2 Å². The number of hydrogen-bond acceptors (Lipinski definition) is 2. The second kappa shape index (κ2) is 3.27. The number of allylic oxidation sites excluding steroid dienone is 1. The molecule has 3 aliphatic carbocycles. The first-order chi connectivity index (χ1) is 8.29. The molecule has 0 saturated heterocycles. The van der Waals surface area contributed by atoms with Gasteiger partial charge in [0.05, 0.1) is 6.10 Å². The summed E-state index contributed by atoms with van der Waals surface area (Å²) in [4.78, 5) is 12.5. The summed E-state index contributed by atoms with van der Waals surface area (Å²) < 4.78 is 5.81. The van der Waals surface area contributed by atoms with Crippen molar-refractivity contribution in [3.05, 3.63) is 11.6 Å². The van der Waals surface area contributed by atoms with E-state index in [0.29, 0.717) is 5.78 Å². The van der Waals surface area contributed by atoms with E-state index in [2.05, 4.69) is 27.7 Å². The standard InChI is InChI=1S/C16H24O2/c1-10-8-11(17)13-14(2,3)9-15(4)7-6-12(18-5)16(10,13)15/h8,12-13H,6-7,9H2,1-5H3/t12-,13+,15+,16?/m0/s1. The number of ether oxygens (including phenoxy) is 1. The van der Waals surface area contributed by atoms with Crippen molar-refractivity contribution in [1.82, 2.24) is 0 Å². The van der Waals surface area contributed by atoms with Crippen LogP contribution in [-0.4, -0.2) is 19.0 Å². The Morgan fingerprint density at radius 1 is 1.33 bits per heavy atom. The van der Waals surface area contributed by atoms with Crippen LogP contribution in [0, 0.1) is 22.2 Å². The second-order valence-electron chi connectivity index (χ2n) is 7.52. The van der Waals surface area contributed by atoms with Crippen molar-refractivity contribution >= 4 is 5.78 Å². The molecular weight excluding hydrogens is 224 g/mol. The number of ketones is 1. The normalized spacial score (nSPS) is 49.2. The lowest BCUT2D eigenvalue weighted by Gasteiger charge is -2.43. The minimum Gasteiger partial charge on any atom is -0.380 e. The van der Waals surface area contributed by atoms with Gasteiger partial charge in [-0.2, -0.15) is 0 Å². The van der Waals surface area contributed by atoms with Gasteiger partial charge in [-0.3, -0.25) is 4.79 Å². The van der Waals surface area contributed by atoms with Crippen LogP contribution in [-0.2, 0) is 9.53 Å². The number of methoxy groups -OCH3 is 1. The Morgan fingerprint density at radius 3 is 2.61 bits per heavy atom. The fourth-order valence-electron chi connectivity index (χ4n) is 6.05. The molecule has 3 rings (SSSR count). The van der Waals surface area contributed by atoms with E-state index in [1.807, 2.05) is 13.2 Å². The Labute approximate surface area is 110 Å². The Kier molecular flexibility index (Phi) is 2.26. The Morgan fingerprint density at radius 2 is 2.00 bits per heavy atom. The van der Waals surface area contributed by atoms with E-state index in [-0.39, 0.29) is 28.3 Å². The molecule has 100 valence electrons. The van der Waals surface area contributed by atoms with Crippen LogP contribution >= 0.6 is 0 Å². The highest BCUT2D eigenvalue weighted by Gasteiger charge is 2.74. The quantitative estimate of drug-likeness (QED) is 0.711. The van der Waals surface area contributed by atoms with Gasteiger partial charge < -0.3 is 4.74 Å². The van der Waals surface area contributed by atoms with Crippen LogP contribution in [0.15, 0.2) is 11.6 Å². The molecule has 3 aliphatic rings. The zero-order valence-electron chi connectivity index (χ0n) is 12.2. The van der Waals surface area contributed by atoms with Gasteiger partial charge in [0.25, 0.3) is 0 Å². The molecule has 0 N–H and O–H groups in total. The first-order valence-corrected chi connectivity index (χ1v) is 7.05. The SMILES string of the molecule is CO[C@H]1CC[C@]2(C)CC(C)(C)[C@H]3C(=O)C=C(C)C132. The molecule has 0 heterocycles. The second-order valence-corrected chi connectivity index (χ2v) is 7.52. The molecular formula is C16H24O2. The maximum atomic E-state index is 12.5. The van der Waals surface area contributed by atoms with Gasteiger partial charge in [-0.25, -0.2) is 0 Å². The summed E-state index contributed by atoms with van der Waals surface area (Å²) in [7, 11) is 1.81. The van der Waals surface area contributed by atoms with Crippen LogP contribution in [0.1, 0.15) is 47.0 Å². The van der Waals surface area contributed by atoms with Gasteiger partial charge in [-0.1, -0.05) is 26.3 Å². The van der Waals surface area contributed by atoms with Crippen LogP contribution in [0.3, 0.4) is 0 Å². The van der Waals surface area contributed by atoms with Gasteiger partial charge >= 0.3 is 0 Å². The maximum absolute atomic E-state index is 12.5. The molecule has 0 aromatic heterocycles. The molecule has 0 aromatic carbocycles. The van der Waals surface area contributed by atoms with Gasteiger partial charge in [-0.15, -0.1) is 0 Å². The molecule has 2 fully saturated rings. The van der Waals surface area contributed by atoms with E-state index >= 15 is 0 Å². The van der Waals surface area contributed by atoms with Crippen LogP contribution in [0.4, 0.5) is 0 Å². The van der Waals surface area contributed by atoms with Gasteiger partial charge in [0, 0.05) is 18.4 Å². The van der Waals surface area contributed by atoms with Crippen LogP contribution in [0.5, 0.6) is 0 Å². The van der Waals surface area contributed by atoms with Gasteiger partial charge in [-0.05, 0) is 43.1 Å². The van der Waals surface area contributed by atoms with Crippen LogP contribution in [0.25, 0.3) is 0 Å². The van der Waals surface area contributed by atoms with E-state index in [1.165, 1.54) is 12.0 Å². The summed E-state index contributed by atoms with van der Waals surface area (Å²) in [5.74, 6) is 0.465. The van der Waals surface area contributed by atoms with E-state index in [4.69, 9.17) is 4.74 Å². The smallest absolute Gasteiger partial charge is 0.160 e. The summed E-state index contributed by atoms with van der Waals surface area (Å²) in [6, 6.07) is 0. The van der Waals surface area contributed by atoms with E-state index in [1.54, 1.807) is 0 Å². The summed E-state index contributed by atoms with van der Waals surface area (Å²) in [5.41, 5.74) is 1.57. The summed E-state index contributed by atoms with van der Waals surface area (Å²) >= 11 is 0. The largest absolute Gasteiger partial charge is 0.380 e. The number of carbonyl (C=O) groups is 1. The van der Waals surface area contributed by atoms with Crippen molar-refractivity contribution in [2.45, 2.75) is 53.1 Å². The fourth-order valence-corrected chi connectivity index (χ4v) is 6.05. The molecule has 0 amide bonds. The molecule has 2 nitrogen and oxygen atoms in total. The van der Waals surface area contributed by atoms with Gasteiger partial charge in [0.2, 0.25) is 0 Å². The fraction of sp³-hybridized carbons (Fsp3) is 0.812. The molecule has 0 aromatic rings. The lowest BCUT2D eigenvalue weighted by molar-refractivity contribution is -0.126. The van der Waals surface area contributed by atoms with Crippen LogP contribution < -0.4 is 0 Å². The third-order valence-electron chi connectivity index (χ3n) is 6.13. The average molecular weight is 248 g/mol. The number of carbonyl (C=O) groups excluding carboxylic acids is 1. The number of hydrogen-bond donors (Lipinski definition) is 0. The molecule has 2 saturated carbocycles. The molecule has 0 aliphatic heterocycles. The summed E-state index contributed by atoms with van der Waals surface area (Å²) in [6.45, 7) is 9.05. The predicted octanol–water partition coefficient (Wildman–Crippen LogP) is 3.36. The van der Waals surface area contributed by atoms with E-state index in [9.17, 15) is 4.79 Å². The Hall–Kier alpha value is -0.630. The molecule has 0 radical (unpaired) electrons. The summed E-state index contributed by atoms with van der Waals surface area (Å²) in [5, 5.41) is 0. The monoisotopic (exact) mass is 248 g/mol. The van der Waals surface area contributed by atoms with Crippen molar-refractivity contribution in [3.63, 3.8) is 0 Å². The van der Waals surface area contributed by atoms with Gasteiger partial charge in [0.1, 0.15) is 0 Å². The summed E-state index contributed by atoms with van der Waals surface area (Å²) in [6.07, 6.45) is 5.54. The first kappa shape index (κ1) is 12.4. The molecule has 0 bridgehead atoms. The Balaban J connectivity index is 2.24.